The molecule has 2 aromatic rings. The average Bonchev–Trinajstić information content (AvgIpc) is 2.38. The maximum absolute atomic E-state index is 11.2. The highest BCUT2D eigenvalue weighted by atomic mass is 16.4. The smallest absolute Gasteiger partial charge is 0.355 e. The van der Waals surface area contributed by atoms with Crippen molar-refractivity contribution in [1.29, 1.82) is 0 Å². The van der Waals surface area contributed by atoms with Crippen LogP contribution in [0.15, 0.2) is 65.7 Å². The monoisotopic (exact) mass is 225 g/mol. The number of aliphatic carboxylic acids is 1. The summed E-state index contributed by atoms with van der Waals surface area (Å²) >= 11 is 0. The Bertz CT molecular complexity index is 533. The number of aliphatic imine (C=N–C) groups is 1. The molecule has 3 heteroatoms. The van der Waals surface area contributed by atoms with E-state index in [1.807, 2.05) is 24.3 Å². The average molecular weight is 225 g/mol. The highest BCUT2D eigenvalue weighted by Gasteiger charge is 2.11. The summed E-state index contributed by atoms with van der Waals surface area (Å²) in [6, 6.07) is 17.9. The van der Waals surface area contributed by atoms with E-state index in [-0.39, 0.29) is 5.71 Å². The summed E-state index contributed by atoms with van der Waals surface area (Å²) in [6.45, 7) is 0. The lowest BCUT2D eigenvalue weighted by molar-refractivity contribution is -0.129. The van der Waals surface area contributed by atoms with Crippen LogP contribution in [-0.2, 0) is 4.79 Å². The van der Waals surface area contributed by atoms with E-state index in [4.69, 9.17) is 5.11 Å². The second kappa shape index (κ2) is 5.07. The molecule has 0 spiro atoms. The van der Waals surface area contributed by atoms with Gasteiger partial charge in [-0.1, -0.05) is 48.5 Å². The summed E-state index contributed by atoms with van der Waals surface area (Å²) in [5.41, 5.74) is 1.29. The van der Waals surface area contributed by atoms with Gasteiger partial charge in [-0.25, -0.2) is 9.79 Å². The molecular weight excluding hydrogens is 214 g/mol. The Labute approximate surface area is 99.1 Å². The molecule has 0 heterocycles. The van der Waals surface area contributed by atoms with Crippen molar-refractivity contribution >= 4 is 17.4 Å². The molecule has 0 aliphatic carbocycles. The van der Waals surface area contributed by atoms with Crippen LogP contribution in [0.5, 0.6) is 0 Å². The van der Waals surface area contributed by atoms with E-state index in [2.05, 4.69) is 4.99 Å². The summed E-state index contributed by atoms with van der Waals surface area (Å²) < 4.78 is 0. The number of hydrogen-bond acceptors (Lipinski definition) is 2. The first-order valence-corrected chi connectivity index (χ1v) is 5.20. The number of hydrogen-bond donors (Lipinski definition) is 1. The fourth-order valence-electron chi connectivity index (χ4n) is 1.46. The second-order valence-electron chi connectivity index (χ2n) is 3.47. The molecule has 0 atom stereocenters. The minimum atomic E-state index is -1.03. The standard InChI is InChI=1S/C14H11NO2/c16-14(17)13(11-7-3-1-4-8-11)15-12-9-5-2-6-10-12/h1-10H,(H,16,17). The van der Waals surface area contributed by atoms with E-state index < -0.39 is 5.97 Å². The molecule has 0 aliphatic heterocycles. The zero-order valence-electron chi connectivity index (χ0n) is 9.08. The normalized spacial score (nSPS) is 11.2. The first kappa shape index (κ1) is 11.1. The molecule has 2 rings (SSSR count). The maximum Gasteiger partial charge on any atom is 0.355 e. The molecule has 0 bridgehead atoms. The van der Waals surface area contributed by atoms with Gasteiger partial charge in [-0.3, -0.25) is 0 Å². The Kier molecular flexibility index (Phi) is 3.31. The van der Waals surface area contributed by atoms with E-state index >= 15 is 0 Å². The van der Waals surface area contributed by atoms with Gasteiger partial charge in [-0.15, -0.1) is 0 Å². The van der Waals surface area contributed by atoms with Crippen LogP contribution in [0.2, 0.25) is 0 Å². The molecule has 3 nitrogen and oxygen atoms in total. The number of para-hydroxylation sites is 1. The summed E-state index contributed by atoms with van der Waals surface area (Å²) in [4.78, 5) is 15.3. The fourth-order valence-corrected chi connectivity index (χ4v) is 1.46. The van der Waals surface area contributed by atoms with Gasteiger partial charge in [0.25, 0.3) is 0 Å². The topological polar surface area (TPSA) is 49.7 Å². The van der Waals surface area contributed by atoms with E-state index in [0.29, 0.717) is 11.3 Å². The Morgan fingerprint density at radius 2 is 1.41 bits per heavy atom. The molecule has 0 saturated carbocycles. The van der Waals surface area contributed by atoms with Crippen molar-refractivity contribution in [3.8, 4) is 0 Å². The predicted octanol–water partition coefficient (Wildman–Crippen LogP) is 2.89. The summed E-state index contributed by atoms with van der Waals surface area (Å²) in [7, 11) is 0. The molecule has 0 amide bonds. The zero-order valence-corrected chi connectivity index (χ0v) is 9.08. The van der Waals surface area contributed by atoms with Crippen LogP contribution < -0.4 is 0 Å². The van der Waals surface area contributed by atoms with Crippen molar-refractivity contribution in [2.24, 2.45) is 4.99 Å². The molecule has 0 saturated heterocycles. The SMILES string of the molecule is O=C(O)C(=Nc1ccccc1)c1ccccc1. The van der Waals surface area contributed by atoms with Gasteiger partial charge in [0.05, 0.1) is 5.69 Å². The van der Waals surface area contributed by atoms with E-state index in [1.54, 1.807) is 36.4 Å². The van der Waals surface area contributed by atoms with Crippen molar-refractivity contribution < 1.29 is 9.90 Å². The molecule has 1 N–H and O–H groups in total. The summed E-state index contributed by atoms with van der Waals surface area (Å²) in [5, 5.41) is 9.16. The van der Waals surface area contributed by atoms with Gasteiger partial charge in [-0.2, -0.15) is 0 Å². The lowest BCUT2D eigenvalue weighted by Gasteiger charge is -2.01. The number of nitrogens with zero attached hydrogens (tertiary/aromatic N) is 1. The largest absolute Gasteiger partial charge is 0.476 e. The van der Waals surface area contributed by atoms with Crippen LogP contribution in [0.3, 0.4) is 0 Å². The quantitative estimate of drug-likeness (QED) is 0.816. The highest BCUT2D eigenvalue weighted by Crippen LogP contribution is 2.13. The third-order valence-electron chi connectivity index (χ3n) is 2.25. The van der Waals surface area contributed by atoms with Gasteiger partial charge < -0.3 is 5.11 Å². The Morgan fingerprint density at radius 3 is 1.94 bits per heavy atom. The number of carbonyl (C=O) groups is 1. The van der Waals surface area contributed by atoms with Crippen molar-refractivity contribution in [3.05, 3.63) is 66.2 Å². The Hall–Kier alpha value is -2.42. The number of rotatable bonds is 3. The molecule has 2 aromatic carbocycles. The number of carboxylic acids is 1. The molecule has 0 unspecified atom stereocenters. The van der Waals surface area contributed by atoms with E-state index in [0.717, 1.165) is 0 Å². The van der Waals surface area contributed by atoms with Crippen LogP contribution in [0.4, 0.5) is 5.69 Å². The van der Waals surface area contributed by atoms with Crippen LogP contribution in [0.25, 0.3) is 0 Å². The lowest BCUT2D eigenvalue weighted by atomic mass is 10.1. The molecule has 0 aromatic heterocycles. The van der Waals surface area contributed by atoms with Crippen molar-refractivity contribution in [3.63, 3.8) is 0 Å². The maximum atomic E-state index is 11.2. The molecule has 84 valence electrons. The number of carboxylic acid groups (broad SMARTS) is 1. The fraction of sp³-hybridized carbons (Fsp3) is 0. The van der Waals surface area contributed by atoms with Crippen LogP contribution in [0.1, 0.15) is 5.56 Å². The molecule has 0 radical (unpaired) electrons. The lowest BCUT2D eigenvalue weighted by Crippen LogP contribution is -2.13. The first-order valence-electron chi connectivity index (χ1n) is 5.20. The Morgan fingerprint density at radius 1 is 0.882 bits per heavy atom. The summed E-state index contributed by atoms with van der Waals surface area (Å²) in [6.07, 6.45) is 0. The molecular formula is C14H11NO2. The highest BCUT2D eigenvalue weighted by molar-refractivity contribution is 6.43. The van der Waals surface area contributed by atoms with Crippen molar-refractivity contribution in [1.82, 2.24) is 0 Å². The van der Waals surface area contributed by atoms with Gasteiger partial charge >= 0.3 is 5.97 Å². The van der Waals surface area contributed by atoms with Crippen LogP contribution in [0, 0.1) is 0 Å². The predicted molar refractivity (Wildman–Crippen MR) is 66.7 cm³/mol. The Balaban J connectivity index is 2.44. The van der Waals surface area contributed by atoms with Gasteiger partial charge in [0.2, 0.25) is 0 Å². The molecule has 0 aliphatic rings. The van der Waals surface area contributed by atoms with Crippen molar-refractivity contribution in [2.45, 2.75) is 0 Å². The molecule has 17 heavy (non-hydrogen) atoms. The van der Waals surface area contributed by atoms with Gasteiger partial charge in [0.15, 0.2) is 5.71 Å². The minimum absolute atomic E-state index is 0.0526. The van der Waals surface area contributed by atoms with Gasteiger partial charge in [-0.05, 0) is 12.1 Å². The molecule has 0 fully saturated rings. The van der Waals surface area contributed by atoms with E-state index in [1.165, 1.54) is 0 Å². The summed E-state index contributed by atoms with van der Waals surface area (Å²) in [5.74, 6) is -1.03. The minimum Gasteiger partial charge on any atom is -0.476 e. The number of benzene rings is 2. The third-order valence-corrected chi connectivity index (χ3v) is 2.25. The second-order valence-corrected chi connectivity index (χ2v) is 3.47. The van der Waals surface area contributed by atoms with Crippen molar-refractivity contribution in [2.75, 3.05) is 0 Å². The van der Waals surface area contributed by atoms with Gasteiger partial charge in [0, 0.05) is 5.56 Å². The van der Waals surface area contributed by atoms with Crippen LogP contribution >= 0.6 is 0 Å². The first-order chi connectivity index (χ1) is 8.27. The zero-order chi connectivity index (χ0) is 12.1. The van der Waals surface area contributed by atoms with Crippen LogP contribution in [-0.4, -0.2) is 16.8 Å². The van der Waals surface area contributed by atoms with E-state index in [9.17, 15) is 4.79 Å². The van der Waals surface area contributed by atoms with Gasteiger partial charge in [0.1, 0.15) is 0 Å². The third kappa shape index (κ3) is 2.78.